The lowest BCUT2D eigenvalue weighted by molar-refractivity contribution is 0.0694. The summed E-state index contributed by atoms with van der Waals surface area (Å²) in [6, 6.07) is 7.09. The molecule has 4 nitrogen and oxygen atoms in total. The van der Waals surface area contributed by atoms with Gasteiger partial charge in [-0.2, -0.15) is 5.10 Å². The highest BCUT2D eigenvalue weighted by molar-refractivity contribution is 6.30. The molecule has 0 amide bonds. The van der Waals surface area contributed by atoms with Crippen LogP contribution in [0.25, 0.3) is 5.69 Å². The Bertz CT molecular complexity index is 609. The van der Waals surface area contributed by atoms with E-state index in [0.717, 1.165) is 5.69 Å². The number of aromatic nitrogens is 2. The summed E-state index contributed by atoms with van der Waals surface area (Å²) in [5.74, 6) is -0.967. The van der Waals surface area contributed by atoms with E-state index in [4.69, 9.17) is 11.6 Å². The molecule has 0 saturated carbocycles. The van der Waals surface area contributed by atoms with Gasteiger partial charge in [-0.25, -0.2) is 9.48 Å². The van der Waals surface area contributed by atoms with E-state index >= 15 is 0 Å². The molecule has 0 atom stereocenters. The molecular formula is C14H15ClN2O2. The van der Waals surface area contributed by atoms with Crippen molar-refractivity contribution in [3.8, 4) is 5.69 Å². The van der Waals surface area contributed by atoms with E-state index < -0.39 is 5.97 Å². The van der Waals surface area contributed by atoms with Crippen molar-refractivity contribution in [2.24, 2.45) is 0 Å². The van der Waals surface area contributed by atoms with Gasteiger partial charge in [0, 0.05) is 16.6 Å². The molecule has 0 aliphatic heterocycles. The van der Waals surface area contributed by atoms with E-state index in [2.05, 4.69) is 5.10 Å². The van der Waals surface area contributed by atoms with Gasteiger partial charge in [-0.15, -0.1) is 0 Å². The molecule has 1 aromatic carbocycles. The maximum Gasteiger partial charge on any atom is 0.339 e. The van der Waals surface area contributed by atoms with Crippen molar-refractivity contribution in [3.05, 3.63) is 46.7 Å². The third-order valence-corrected chi connectivity index (χ3v) is 3.00. The minimum absolute atomic E-state index is 0.224. The van der Waals surface area contributed by atoms with E-state index in [9.17, 15) is 9.90 Å². The Morgan fingerprint density at radius 1 is 1.26 bits per heavy atom. The molecule has 1 heterocycles. The summed E-state index contributed by atoms with van der Waals surface area (Å²) in [4.78, 5) is 11.3. The summed E-state index contributed by atoms with van der Waals surface area (Å²) in [5.41, 5.74) is 1.24. The molecule has 1 aromatic heterocycles. The number of aromatic carboxylic acids is 1. The zero-order valence-corrected chi connectivity index (χ0v) is 11.8. The number of nitrogens with zero attached hydrogens (tertiary/aromatic N) is 2. The van der Waals surface area contributed by atoms with Crippen LogP contribution in [-0.2, 0) is 5.41 Å². The van der Waals surface area contributed by atoms with Crippen LogP contribution in [-0.4, -0.2) is 20.9 Å². The van der Waals surface area contributed by atoms with E-state index in [-0.39, 0.29) is 11.0 Å². The molecule has 0 saturated heterocycles. The van der Waals surface area contributed by atoms with Gasteiger partial charge in [0.15, 0.2) is 0 Å². The standard InChI is InChI=1S/C14H15ClN2O2/c1-14(2,3)12-11(13(18)19)8-17(16-12)10-6-4-9(15)5-7-10/h4-8H,1-3H3,(H,18,19). The minimum atomic E-state index is -0.967. The van der Waals surface area contributed by atoms with Gasteiger partial charge in [-0.1, -0.05) is 32.4 Å². The minimum Gasteiger partial charge on any atom is -0.478 e. The molecule has 0 bridgehead atoms. The lowest BCUT2D eigenvalue weighted by atomic mass is 9.90. The first-order valence-corrected chi connectivity index (χ1v) is 6.26. The second kappa shape index (κ2) is 4.70. The van der Waals surface area contributed by atoms with E-state index in [1.165, 1.54) is 6.20 Å². The normalized spacial score (nSPS) is 11.6. The zero-order valence-electron chi connectivity index (χ0n) is 11.0. The maximum absolute atomic E-state index is 11.3. The lowest BCUT2D eigenvalue weighted by Crippen LogP contribution is -2.16. The van der Waals surface area contributed by atoms with Crippen molar-refractivity contribution < 1.29 is 9.90 Å². The Morgan fingerprint density at radius 2 is 1.84 bits per heavy atom. The van der Waals surface area contributed by atoms with Gasteiger partial charge in [0.25, 0.3) is 0 Å². The van der Waals surface area contributed by atoms with Crippen LogP contribution in [0.2, 0.25) is 5.02 Å². The predicted octanol–water partition coefficient (Wildman–Crippen LogP) is 3.52. The van der Waals surface area contributed by atoms with Gasteiger partial charge < -0.3 is 5.11 Å². The molecule has 0 spiro atoms. The molecular weight excluding hydrogens is 264 g/mol. The van der Waals surface area contributed by atoms with Gasteiger partial charge in [0.05, 0.1) is 11.4 Å². The molecule has 0 aliphatic carbocycles. The molecule has 0 fully saturated rings. The molecule has 0 radical (unpaired) electrons. The summed E-state index contributed by atoms with van der Waals surface area (Å²) in [6.07, 6.45) is 1.53. The highest BCUT2D eigenvalue weighted by Crippen LogP contribution is 2.25. The smallest absolute Gasteiger partial charge is 0.339 e. The number of carbonyl (C=O) groups is 1. The average molecular weight is 279 g/mol. The van der Waals surface area contributed by atoms with Crippen molar-refractivity contribution >= 4 is 17.6 Å². The van der Waals surface area contributed by atoms with Gasteiger partial charge >= 0.3 is 5.97 Å². The van der Waals surface area contributed by atoms with Crippen molar-refractivity contribution in [2.75, 3.05) is 0 Å². The lowest BCUT2D eigenvalue weighted by Gasteiger charge is -2.15. The summed E-state index contributed by atoms with van der Waals surface area (Å²) < 4.78 is 1.57. The first-order chi connectivity index (χ1) is 8.79. The second-order valence-electron chi connectivity index (χ2n) is 5.37. The van der Waals surface area contributed by atoms with Gasteiger partial charge in [0.1, 0.15) is 5.56 Å². The first-order valence-electron chi connectivity index (χ1n) is 5.88. The van der Waals surface area contributed by atoms with Crippen LogP contribution in [0.4, 0.5) is 0 Å². The van der Waals surface area contributed by atoms with Crippen LogP contribution < -0.4 is 0 Å². The largest absolute Gasteiger partial charge is 0.478 e. The number of rotatable bonds is 2. The van der Waals surface area contributed by atoms with Crippen molar-refractivity contribution in [2.45, 2.75) is 26.2 Å². The SMILES string of the molecule is CC(C)(C)c1nn(-c2ccc(Cl)cc2)cc1C(=O)O. The number of halogens is 1. The fraction of sp³-hybridized carbons (Fsp3) is 0.286. The van der Waals surface area contributed by atoms with Gasteiger partial charge in [-0.05, 0) is 24.3 Å². The van der Waals surface area contributed by atoms with E-state index in [1.807, 2.05) is 20.8 Å². The third-order valence-electron chi connectivity index (χ3n) is 2.75. The Labute approximate surface area is 116 Å². The first kappa shape index (κ1) is 13.6. The van der Waals surface area contributed by atoms with Crippen LogP contribution in [0.1, 0.15) is 36.8 Å². The number of carboxylic acid groups (broad SMARTS) is 1. The van der Waals surface area contributed by atoms with Gasteiger partial charge in [-0.3, -0.25) is 0 Å². The second-order valence-corrected chi connectivity index (χ2v) is 5.80. The van der Waals surface area contributed by atoms with Gasteiger partial charge in [0.2, 0.25) is 0 Å². The Balaban J connectivity index is 2.55. The number of hydrogen-bond donors (Lipinski definition) is 1. The fourth-order valence-electron chi connectivity index (χ4n) is 1.81. The molecule has 2 aromatic rings. The van der Waals surface area contributed by atoms with Crippen molar-refractivity contribution in [1.82, 2.24) is 9.78 Å². The Hall–Kier alpha value is -1.81. The quantitative estimate of drug-likeness (QED) is 0.914. The molecule has 1 N–H and O–H groups in total. The zero-order chi connectivity index (χ0) is 14.2. The van der Waals surface area contributed by atoms with Crippen LogP contribution in [0, 0.1) is 0 Å². The highest BCUT2D eigenvalue weighted by Gasteiger charge is 2.26. The Kier molecular flexibility index (Phi) is 3.37. The third kappa shape index (κ3) is 2.79. The summed E-state index contributed by atoms with van der Waals surface area (Å²) in [7, 11) is 0. The molecule has 100 valence electrons. The van der Waals surface area contributed by atoms with Crippen molar-refractivity contribution in [3.63, 3.8) is 0 Å². The number of hydrogen-bond acceptors (Lipinski definition) is 2. The van der Waals surface area contributed by atoms with Crippen LogP contribution in [0.15, 0.2) is 30.5 Å². The predicted molar refractivity (Wildman–Crippen MR) is 74.2 cm³/mol. The highest BCUT2D eigenvalue weighted by atomic mass is 35.5. The summed E-state index contributed by atoms with van der Waals surface area (Å²) in [6.45, 7) is 5.82. The average Bonchev–Trinajstić information content (AvgIpc) is 2.74. The number of carboxylic acids is 1. The maximum atomic E-state index is 11.3. The summed E-state index contributed by atoms with van der Waals surface area (Å²) in [5, 5.41) is 14.3. The van der Waals surface area contributed by atoms with E-state index in [0.29, 0.717) is 10.7 Å². The van der Waals surface area contributed by atoms with Crippen molar-refractivity contribution in [1.29, 1.82) is 0 Å². The monoisotopic (exact) mass is 278 g/mol. The van der Waals surface area contributed by atoms with E-state index in [1.54, 1.807) is 28.9 Å². The van der Waals surface area contributed by atoms with Crippen LogP contribution in [0.3, 0.4) is 0 Å². The molecule has 2 rings (SSSR count). The summed E-state index contributed by atoms with van der Waals surface area (Å²) >= 11 is 5.83. The van der Waals surface area contributed by atoms with Crippen LogP contribution >= 0.6 is 11.6 Å². The Morgan fingerprint density at radius 3 is 2.26 bits per heavy atom. The molecule has 19 heavy (non-hydrogen) atoms. The molecule has 0 aliphatic rings. The molecule has 5 heteroatoms. The number of benzene rings is 1. The fourth-order valence-corrected chi connectivity index (χ4v) is 1.94. The van der Waals surface area contributed by atoms with Crippen LogP contribution in [0.5, 0.6) is 0 Å². The molecule has 0 unspecified atom stereocenters. The topological polar surface area (TPSA) is 55.1 Å².